The molecule has 2 N–H and O–H groups in total. The summed E-state index contributed by atoms with van der Waals surface area (Å²) in [5, 5.41) is 11.9. The zero-order valence-corrected chi connectivity index (χ0v) is 14.0. The molecule has 0 bridgehead atoms. The molecular formula is C16H20ClN3O4. The second-order valence-electron chi connectivity index (χ2n) is 6.01. The van der Waals surface area contributed by atoms with Crippen LogP contribution in [-0.4, -0.2) is 60.8 Å². The van der Waals surface area contributed by atoms with Crippen molar-refractivity contribution in [3.63, 3.8) is 0 Å². The molecule has 1 saturated heterocycles. The number of nitrogens with zero attached hydrogens (tertiary/aromatic N) is 2. The summed E-state index contributed by atoms with van der Waals surface area (Å²) in [6.07, 6.45) is 0.596. The molecule has 0 aromatic heterocycles. The number of benzene rings is 1. The molecular weight excluding hydrogens is 334 g/mol. The third-order valence-corrected chi connectivity index (χ3v) is 4.65. The molecule has 130 valence electrons. The smallest absolute Gasteiger partial charge is 0.404 e. The van der Waals surface area contributed by atoms with Gasteiger partial charge < -0.3 is 25.0 Å². The number of anilines is 1. The van der Waals surface area contributed by atoms with E-state index in [0.717, 1.165) is 32.5 Å². The number of amides is 2. The van der Waals surface area contributed by atoms with Crippen LogP contribution in [0.3, 0.4) is 0 Å². The molecule has 0 saturated carbocycles. The van der Waals surface area contributed by atoms with E-state index in [9.17, 15) is 9.59 Å². The molecule has 2 aliphatic heterocycles. The maximum absolute atomic E-state index is 12.2. The average Bonchev–Trinajstić information content (AvgIpc) is 2.55. The Hall–Kier alpha value is -1.99. The number of ether oxygens (including phenoxy) is 1. The van der Waals surface area contributed by atoms with Crippen molar-refractivity contribution in [2.75, 3.05) is 37.7 Å². The molecule has 0 unspecified atom stereocenters. The first-order valence-corrected chi connectivity index (χ1v) is 8.35. The molecule has 1 aromatic carbocycles. The van der Waals surface area contributed by atoms with Crippen LogP contribution in [0.25, 0.3) is 0 Å². The lowest BCUT2D eigenvalue weighted by molar-refractivity contribution is -0.121. The van der Waals surface area contributed by atoms with Gasteiger partial charge in [0.05, 0.1) is 5.69 Å². The normalized spacial score (nSPS) is 18.9. The molecule has 2 heterocycles. The number of fused-ring (bicyclic) bond motifs is 1. The highest BCUT2D eigenvalue weighted by Gasteiger charge is 2.27. The summed E-state index contributed by atoms with van der Waals surface area (Å²) in [6, 6.07) is 5.29. The Morgan fingerprint density at radius 2 is 2.08 bits per heavy atom. The number of piperidine rings is 1. The van der Waals surface area contributed by atoms with E-state index in [1.807, 2.05) is 0 Å². The number of hydrogen-bond donors (Lipinski definition) is 2. The fraction of sp³-hybridized carbons (Fsp3) is 0.500. The highest BCUT2D eigenvalue weighted by molar-refractivity contribution is 6.31. The minimum absolute atomic E-state index is 0.0169. The van der Waals surface area contributed by atoms with E-state index in [-0.39, 0.29) is 18.6 Å². The van der Waals surface area contributed by atoms with Gasteiger partial charge >= 0.3 is 6.09 Å². The van der Waals surface area contributed by atoms with Crippen molar-refractivity contribution in [1.82, 2.24) is 10.2 Å². The first-order valence-electron chi connectivity index (χ1n) is 7.97. The Labute approximate surface area is 145 Å². The Morgan fingerprint density at radius 3 is 2.79 bits per heavy atom. The topological polar surface area (TPSA) is 82.1 Å². The SMILES string of the molecule is O=C(O)NC1CCN(CCN2C(=O)COc3ccc(Cl)cc32)CC1. The van der Waals surface area contributed by atoms with Gasteiger partial charge in [-0.1, -0.05) is 11.6 Å². The average molecular weight is 354 g/mol. The summed E-state index contributed by atoms with van der Waals surface area (Å²) < 4.78 is 5.44. The van der Waals surface area contributed by atoms with Gasteiger partial charge in [-0.05, 0) is 31.0 Å². The fourth-order valence-corrected chi connectivity index (χ4v) is 3.30. The number of hydrogen-bond acceptors (Lipinski definition) is 4. The van der Waals surface area contributed by atoms with Gasteiger partial charge in [-0.3, -0.25) is 4.79 Å². The second kappa shape index (κ2) is 7.27. The van der Waals surface area contributed by atoms with E-state index < -0.39 is 6.09 Å². The van der Waals surface area contributed by atoms with Crippen molar-refractivity contribution in [2.45, 2.75) is 18.9 Å². The van der Waals surface area contributed by atoms with Crippen LogP contribution in [0.1, 0.15) is 12.8 Å². The van der Waals surface area contributed by atoms with Gasteiger partial charge in [0.15, 0.2) is 6.61 Å². The number of rotatable bonds is 4. The zero-order chi connectivity index (χ0) is 17.1. The molecule has 8 heteroatoms. The lowest BCUT2D eigenvalue weighted by atomic mass is 10.1. The summed E-state index contributed by atoms with van der Waals surface area (Å²) in [5.74, 6) is 0.593. The fourth-order valence-electron chi connectivity index (χ4n) is 3.14. The molecule has 24 heavy (non-hydrogen) atoms. The molecule has 7 nitrogen and oxygen atoms in total. The maximum Gasteiger partial charge on any atom is 0.404 e. The van der Waals surface area contributed by atoms with E-state index in [4.69, 9.17) is 21.4 Å². The first-order chi connectivity index (χ1) is 11.5. The number of carboxylic acid groups (broad SMARTS) is 1. The van der Waals surface area contributed by atoms with E-state index >= 15 is 0 Å². The second-order valence-corrected chi connectivity index (χ2v) is 6.45. The van der Waals surface area contributed by atoms with Crippen molar-refractivity contribution in [1.29, 1.82) is 0 Å². The van der Waals surface area contributed by atoms with Crippen molar-refractivity contribution in [3.05, 3.63) is 23.2 Å². The minimum Gasteiger partial charge on any atom is -0.482 e. The molecule has 0 radical (unpaired) electrons. The summed E-state index contributed by atoms with van der Waals surface area (Å²) in [6.45, 7) is 2.96. The Balaban J connectivity index is 1.57. The first kappa shape index (κ1) is 16.9. The van der Waals surface area contributed by atoms with E-state index in [1.165, 1.54) is 0 Å². The standard InChI is InChI=1S/C16H20ClN3O4/c17-11-1-2-14-13(9-11)20(15(21)10-24-14)8-7-19-5-3-12(4-6-19)18-16(22)23/h1-2,9,12,18H,3-8,10H2,(H,22,23). The van der Waals surface area contributed by atoms with Crippen LogP contribution in [-0.2, 0) is 4.79 Å². The van der Waals surface area contributed by atoms with Crippen LogP contribution in [0.2, 0.25) is 5.02 Å². The molecule has 0 aliphatic carbocycles. The van der Waals surface area contributed by atoms with Crippen molar-refractivity contribution < 1.29 is 19.4 Å². The Kier molecular flexibility index (Phi) is 5.11. The van der Waals surface area contributed by atoms with Gasteiger partial charge in [0.2, 0.25) is 0 Å². The van der Waals surface area contributed by atoms with Crippen LogP contribution in [0, 0.1) is 0 Å². The Bertz CT molecular complexity index is 632. The predicted octanol–water partition coefficient (Wildman–Crippen LogP) is 1.80. The maximum atomic E-state index is 12.2. The van der Waals surface area contributed by atoms with Crippen LogP contribution in [0.4, 0.5) is 10.5 Å². The quantitative estimate of drug-likeness (QED) is 0.862. The van der Waals surface area contributed by atoms with Crippen LogP contribution in [0.5, 0.6) is 5.75 Å². The summed E-state index contributed by atoms with van der Waals surface area (Å²) in [5.41, 5.74) is 0.709. The Morgan fingerprint density at radius 1 is 1.33 bits per heavy atom. The van der Waals surface area contributed by atoms with Gasteiger partial charge in [0, 0.05) is 37.2 Å². The van der Waals surface area contributed by atoms with Crippen molar-refractivity contribution in [2.24, 2.45) is 0 Å². The van der Waals surface area contributed by atoms with Crippen LogP contribution < -0.4 is 15.0 Å². The lowest BCUT2D eigenvalue weighted by Gasteiger charge is -2.35. The lowest BCUT2D eigenvalue weighted by Crippen LogP contribution is -2.48. The monoisotopic (exact) mass is 353 g/mol. The van der Waals surface area contributed by atoms with Gasteiger partial charge in [-0.2, -0.15) is 0 Å². The number of carbonyl (C=O) groups excluding carboxylic acids is 1. The molecule has 3 rings (SSSR count). The number of carbonyl (C=O) groups is 2. The highest BCUT2D eigenvalue weighted by Crippen LogP contribution is 2.34. The number of nitrogens with one attached hydrogen (secondary N) is 1. The van der Waals surface area contributed by atoms with Crippen LogP contribution >= 0.6 is 11.6 Å². The third-order valence-electron chi connectivity index (χ3n) is 4.42. The van der Waals surface area contributed by atoms with Crippen LogP contribution in [0.15, 0.2) is 18.2 Å². The summed E-state index contributed by atoms with van der Waals surface area (Å²) >= 11 is 6.04. The molecule has 0 atom stereocenters. The molecule has 2 amide bonds. The zero-order valence-electron chi connectivity index (χ0n) is 13.2. The molecule has 2 aliphatic rings. The highest BCUT2D eigenvalue weighted by atomic mass is 35.5. The van der Waals surface area contributed by atoms with Gasteiger partial charge in [0.25, 0.3) is 5.91 Å². The predicted molar refractivity (Wildman–Crippen MR) is 89.9 cm³/mol. The van der Waals surface area contributed by atoms with Gasteiger partial charge in [0.1, 0.15) is 5.75 Å². The van der Waals surface area contributed by atoms with Crippen molar-refractivity contribution in [3.8, 4) is 5.75 Å². The third kappa shape index (κ3) is 3.91. The molecule has 0 spiro atoms. The van der Waals surface area contributed by atoms with E-state index in [0.29, 0.717) is 23.0 Å². The minimum atomic E-state index is -0.971. The van der Waals surface area contributed by atoms with E-state index in [2.05, 4.69) is 10.2 Å². The summed E-state index contributed by atoms with van der Waals surface area (Å²) in [7, 11) is 0. The van der Waals surface area contributed by atoms with Gasteiger partial charge in [-0.25, -0.2) is 4.79 Å². The number of likely N-dealkylation sites (tertiary alicyclic amines) is 1. The van der Waals surface area contributed by atoms with Crippen molar-refractivity contribution >= 4 is 29.3 Å². The van der Waals surface area contributed by atoms with E-state index in [1.54, 1.807) is 23.1 Å². The molecule has 1 aromatic rings. The largest absolute Gasteiger partial charge is 0.482 e. The molecule has 1 fully saturated rings. The van der Waals surface area contributed by atoms with Gasteiger partial charge in [-0.15, -0.1) is 0 Å². The number of halogens is 1. The summed E-state index contributed by atoms with van der Waals surface area (Å²) in [4.78, 5) is 26.8.